The van der Waals surface area contributed by atoms with Gasteiger partial charge in [0.2, 0.25) is 0 Å². The number of carboxylic acid groups (broad SMARTS) is 1. The Labute approximate surface area is 97.4 Å². The molecule has 0 aromatic heterocycles. The molecule has 90 valence electrons. The first-order valence-electron chi connectivity index (χ1n) is 4.62. The molecule has 0 radical (unpaired) electrons. The number of methoxy groups -OCH3 is 2. The van der Waals surface area contributed by atoms with Gasteiger partial charge < -0.3 is 14.6 Å². The van der Waals surface area contributed by atoms with Gasteiger partial charge in [-0.05, 0) is 28.9 Å². The number of aliphatic carboxylic acids is 1. The molecule has 17 heavy (non-hydrogen) atoms. The van der Waals surface area contributed by atoms with E-state index in [0.717, 1.165) is 6.08 Å². The van der Waals surface area contributed by atoms with Gasteiger partial charge in [-0.3, -0.25) is 0 Å². The zero-order valence-corrected chi connectivity index (χ0v) is 9.34. The van der Waals surface area contributed by atoms with Crippen molar-refractivity contribution >= 4 is 17.7 Å². The van der Waals surface area contributed by atoms with Crippen molar-refractivity contribution in [2.75, 3.05) is 14.2 Å². The van der Waals surface area contributed by atoms with E-state index < -0.39 is 5.97 Å². The van der Waals surface area contributed by atoms with Crippen LogP contribution in [0.5, 0.6) is 11.5 Å². The molecule has 0 atom stereocenters. The monoisotopic (exact) mass is 237 g/mol. The van der Waals surface area contributed by atoms with E-state index in [-0.39, 0.29) is 17.2 Å². The van der Waals surface area contributed by atoms with Crippen LogP contribution in [0.15, 0.2) is 23.4 Å². The van der Waals surface area contributed by atoms with Gasteiger partial charge in [0.1, 0.15) is 0 Å². The molecule has 0 aliphatic carbocycles. The van der Waals surface area contributed by atoms with Gasteiger partial charge in [0.15, 0.2) is 17.2 Å². The van der Waals surface area contributed by atoms with E-state index in [2.05, 4.69) is 5.18 Å². The van der Waals surface area contributed by atoms with Crippen LogP contribution in [0.25, 0.3) is 6.08 Å². The standard InChI is InChI=1S/C11H11NO5/c1-16-8-5-7(3-4-10(13)14)6-9(17-2)11(8)12-15/h3-6H,1-2H3,(H,13,14)/b4-3+. The lowest BCUT2D eigenvalue weighted by atomic mass is 10.1. The van der Waals surface area contributed by atoms with Crippen molar-refractivity contribution in [3.63, 3.8) is 0 Å². The SMILES string of the molecule is COc1cc(/C=C/C(=O)O)cc(OC)c1N=O. The molecule has 6 nitrogen and oxygen atoms in total. The van der Waals surface area contributed by atoms with Crippen LogP contribution in [0.2, 0.25) is 0 Å². The maximum atomic E-state index is 10.6. The third-order valence-corrected chi connectivity index (χ3v) is 2.01. The summed E-state index contributed by atoms with van der Waals surface area (Å²) in [4.78, 5) is 21.0. The van der Waals surface area contributed by atoms with Crippen molar-refractivity contribution in [1.82, 2.24) is 0 Å². The number of benzene rings is 1. The van der Waals surface area contributed by atoms with Crippen LogP contribution in [0, 0.1) is 4.91 Å². The smallest absolute Gasteiger partial charge is 0.328 e. The van der Waals surface area contributed by atoms with Crippen molar-refractivity contribution in [1.29, 1.82) is 0 Å². The maximum Gasteiger partial charge on any atom is 0.328 e. The molecule has 1 rings (SSSR count). The summed E-state index contributed by atoms with van der Waals surface area (Å²) >= 11 is 0. The number of nitrogens with zero attached hydrogens (tertiary/aromatic N) is 1. The number of ether oxygens (including phenoxy) is 2. The fourth-order valence-electron chi connectivity index (χ4n) is 1.27. The molecule has 0 fully saturated rings. The molecule has 0 bridgehead atoms. The van der Waals surface area contributed by atoms with E-state index >= 15 is 0 Å². The molecule has 0 unspecified atom stereocenters. The number of hydrogen-bond acceptors (Lipinski definition) is 5. The highest BCUT2D eigenvalue weighted by atomic mass is 16.5. The fraction of sp³-hybridized carbons (Fsp3) is 0.182. The first kappa shape index (κ1) is 12.7. The van der Waals surface area contributed by atoms with Crippen LogP contribution in [0.3, 0.4) is 0 Å². The Balaban J connectivity index is 3.26. The molecule has 0 spiro atoms. The first-order valence-corrected chi connectivity index (χ1v) is 4.62. The van der Waals surface area contributed by atoms with Crippen molar-refractivity contribution in [3.05, 3.63) is 28.7 Å². The van der Waals surface area contributed by atoms with Crippen molar-refractivity contribution in [3.8, 4) is 11.5 Å². The van der Waals surface area contributed by atoms with Crippen LogP contribution < -0.4 is 9.47 Å². The molecule has 0 aliphatic rings. The lowest BCUT2D eigenvalue weighted by molar-refractivity contribution is -0.131. The second-order valence-corrected chi connectivity index (χ2v) is 3.04. The highest BCUT2D eigenvalue weighted by Gasteiger charge is 2.12. The Kier molecular flexibility index (Phi) is 4.21. The van der Waals surface area contributed by atoms with E-state index in [1.807, 2.05) is 0 Å². The van der Waals surface area contributed by atoms with Gasteiger partial charge in [0.25, 0.3) is 0 Å². The average Bonchev–Trinajstić information content (AvgIpc) is 2.34. The molecule has 0 saturated heterocycles. The first-order chi connectivity index (χ1) is 8.12. The highest BCUT2D eigenvalue weighted by molar-refractivity contribution is 5.85. The predicted molar refractivity (Wildman–Crippen MR) is 61.7 cm³/mol. The largest absolute Gasteiger partial charge is 0.494 e. The number of carbonyl (C=O) groups is 1. The zero-order valence-electron chi connectivity index (χ0n) is 9.34. The summed E-state index contributed by atoms with van der Waals surface area (Å²) in [7, 11) is 2.77. The quantitative estimate of drug-likeness (QED) is 0.626. The van der Waals surface area contributed by atoms with Gasteiger partial charge in [-0.25, -0.2) is 4.79 Å². The Morgan fingerprint density at radius 1 is 1.29 bits per heavy atom. The summed E-state index contributed by atoms with van der Waals surface area (Å²) in [5.41, 5.74) is 0.580. The second-order valence-electron chi connectivity index (χ2n) is 3.04. The molecule has 0 heterocycles. The van der Waals surface area contributed by atoms with Crippen LogP contribution in [0.1, 0.15) is 5.56 Å². The van der Waals surface area contributed by atoms with E-state index in [4.69, 9.17) is 14.6 Å². The Hall–Kier alpha value is -2.37. The Morgan fingerprint density at radius 2 is 1.82 bits per heavy atom. The second kappa shape index (κ2) is 5.64. The fourth-order valence-corrected chi connectivity index (χ4v) is 1.27. The third-order valence-electron chi connectivity index (χ3n) is 2.01. The molecule has 0 saturated carbocycles. The summed E-state index contributed by atoms with van der Waals surface area (Å²) in [6.45, 7) is 0. The van der Waals surface area contributed by atoms with Gasteiger partial charge in [-0.2, -0.15) is 0 Å². The van der Waals surface area contributed by atoms with Gasteiger partial charge >= 0.3 is 5.97 Å². The van der Waals surface area contributed by atoms with Crippen LogP contribution in [-0.2, 0) is 4.79 Å². The van der Waals surface area contributed by atoms with Gasteiger partial charge in [0, 0.05) is 6.08 Å². The van der Waals surface area contributed by atoms with Crippen LogP contribution in [0.4, 0.5) is 5.69 Å². The van der Waals surface area contributed by atoms with E-state index in [1.54, 1.807) is 0 Å². The predicted octanol–water partition coefficient (Wildman–Crippen LogP) is 2.20. The molecule has 6 heteroatoms. The molecule has 0 aliphatic heterocycles. The number of rotatable bonds is 5. The summed E-state index contributed by atoms with van der Waals surface area (Å²) < 4.78 is 9.94. The van der Waals surface area contributed by atoms with Crippen molar-refractivity contribution < 1.29 is 19.4 Å². The average molecular weight is 237 g/mol. The minimum Gasteiger partial charge on any atom is -0.494 e. The minimum atomic E-state index is -1.07. The van der Waals surface area contributed by atoms with E-state index in [1.165, 1.54) is 32.4 Å². The molecular weight excluding hydrogens is 226 g/mol. The van der Waals surface area contributed by atoms with E-state index in [9.17, 15) is 9.70 Å². The molecule has 0 amide bonds. The summed E-state index contributed by atoms with van der Waals surface area (Å²) in [5, 5.41) is 11.3. The zero-order chi connectivity index (χ0) is 12.8. The van der Waals surface area contributed by atoms with Gasteiger partial charge in [-0.1, -0.05) is 0 Å². The summed E-state index contributed by atoms with van der Waals surface area (Å²) in [5.74, 6) is -0.616. The van der Waals surface area contributed by atoms with E-state index in [0.29, 0.717) is 5.56 Å². The molecular formula is C11H11NO5. The number of nitroso groups, excluding NO2 is 1. The third kappa shape index (κ3) is 3.04. The van der Waals surface area contributed by atoms with Crippen LogP contribution in [-0.4, -0.2) is 25.3 Å². The number of hydrogen-bond donors (Lipinski definition) is 1. The number of carboxylic acids is 1. The molecule has 1 aromatic rings. The van der Waals surface area contributed by atoms with Crippen LogP contribution >= 0.6 is 0 Å². The lowest BCUT2D eigenvalue weighted by Gasteiger charge is -2.08. The molecule has 1 aromatic carbocycles. The molecule has 1 N–H and O–H groups in total. The lowest BCUT2D eigenvalue weighted by Crippen LogP contribution is -1.91. The minimum absolute atomic E-state index is 0.0440. The maximum absolute atomic E-state index is 10.6. The van der Waals surface area contributed by atoms with Gasteiger partial charge in [0.05, 0.1) is 14.2 Å². The Morgan fingerprint density at radius 3 is 2.18 bits per heavy atom. The summed E-state index contributed by atoms with van der Waals surface area (Å²) in [6, 6.07) is 3.00. The van der Waals surface area contributed by atoms with Gasteiger partial charge in [-0.15, -0.1) is 4.91 Å². The van der Waals surface area contributed by atoms with Crippen molar-refractivity contribution in [2.45, 2.75) is 0 Å². The topological polar surface area (TPSA) is 85.2 Å². The van der Waals surface area contributed by atoms with Crippen molar-refractivity contribution in [2.24, 2.45) is 5.18 Å². The normalized spacial score (nSPS) is 10.2. The highest BCUT2D eigenvalue weighted by Crippen LogP contribution is 2.38. The Bertz CT molecular complexity index is 442. The summed E-state index contributed by atoms with van der Waals surface area (Å²) in [6.07, 6.45) is 2.34.